The number of nitrogens with zero attached hydrogens (tertiary/aromatic N) is 5. The first-order valence-electron chi connectivity index (χ1n) is 10.4. The number of nitriles is 1. The molecule has 0 aliphatic rings. The van der Waals surface area contributed by atoms with E-state index in [4.69, 9.17) is 4.74 Å². The van der Waals surface area contributed by atoms with E-state index in [2.05, 4.69) is 26.5 Å². The molecule has 12 heteroatoms. The number of hydrogen-bond donors (Lipinski definition) is 1. The predicted molar refractivity (Wildman–Crippen MR) is 131 cm³/mol. The molecule has 2 aromatic rings. The summed E-state index contributed by atoms with van der Waals surface area (Å²) >= 11 is 3.37. The number of nitro groups is 1. The van der Waals surface area contributed by atoms with Crippen LogP contribution in [0.25, 0.3) is 0 Å². The van der Waals surface area contributed by atoms with Crippen LogP contribution in [0.2, 0.25) is 0 Å². The number of anilines is 1. The summed E-state index contributed by atoms with van der Waals surface area (Å²) in [5, 5.41) is 24.5. The number of rotatable bonds is 10. The topological polar surface area (TPSA) is 143 Å². The summed E-state index contributed by atoms with van der Waals surface area (Å²) in [6, 6.07) is 6.30. The van der Waals surface area contributed by atoms with Crippen LogP contribution in [0.1, 0.15) is 36.2 Å². The smallest absolute Gasteiger partial charge is 0.270 e. The number of pyridine rings is 1. The average Bonchev–Trinajstić information content (AvgIpc) is 2.82. The molecule has 34 heavy (non-hydrogen) atoms. The highest BCUT2D eigenvalue weighted by Crippen LogP contribution is 2.25. The van der Waals surface area contributed by atoms with E-state index >= 15 is 0 Å². The standard InChI is InChI=1S/C22H25BrN6O5/c1-5-27(6-2)19-8-7-16(29(32)33)9-15(19)11-25-26-20(30)12-28-14(3)21(23)18(13-34-4)17(10-24)22(28)31/h7-9,11H,5-6,12-13H2,1-4H3,(H,26,30)/b25-11-. The Bertz CT molecular complexity index is 1210. The number of carbonyl (C=O) groups is 1. The molecule has 1 heterocycles. The highest BCUT2D eigenvalue weighted by molar-refractivity contribution is 9.10. The van der Waals surface area contributed by atoms with E-state index in [1.54, 1.807) is 13.0 Å². The van der Waals surface area contributed by atoms with Crippen LogP contribution in [0.3, 0.4) is 0 Å². The summed E-state index contributed by atoms with van der Waals surface area (Å²) in [4.78, 5) is 37.9. The molecule has 1 aromatic heterocycles. The molecule has 180 valence electrons. The number of nitrogens with one attached hydrogen (secondary N) is 1. The van der Waals surface area contributed by atoms with E-state index in [0.717, 1.165) is 5.69 Å². The van der Waals surface area contributed by atoms with Gasteiger partial charge in [-0.2, -0.15) is 10.4 Å². The molecule has 0 bridgehead atoms. The number of amides is 1. The quantitative estimate of drug-likeness (QED) is 0.281. The minimum atomic E-state index is -0.614. The fourth-order valence-corrected chi connectivity index (χ4v) is 3.94. The van der Waals surface area contributed by atoms with Gasteiger partial charge < -0.3 is 14.2 Å². The molecule has 0 saturated carbocycles. The molecule has 0 fully saturated rings. The van der Waals surface area contributed by atoms with Crippen LogP contribution in [0.5, 0.6) is 0 Å². The molecule has 1 amide bonds. The van der Waals surface area contributed by atoms with Crippen molar-refractivity contribution in [2.24, 2.45) is 5.10 Å². The van der Waals surface area contributed by atoms with E-state index in [1.807, 2.05) is 24.8 Å². The molecule has 0 radical (unpaired) electrons. The van der Waals surface area contributed by atoms with Crippen LogP contribution in [-0.2, 0) is 22.7 Å². The van der Waals surface area contributed by atoms with Gasteiger partial charge in [0.15, 0.2) is 0 Å². The van der Waals surface area contributed by atoms with Gasteiger partial charge in [0, 0.05) is 59.3 Å². The lowest BCUT2D eigenvalue weighted by atomic mass is 10.1. The molecule has 0 spiro atoms. The van der Waals surface area contributed by atoms with E-state index < -0.39 is 16.4 Å². The lowest BCUT2D eigenvalue weighted by Gasteiger charge is -2.22. The molecule has 0 unspecified atom stereocenters. The number of benzene rings is 1. The van der Waals surface area contributed by atoms with Gasteiger partial charge in [-0.3, -0.25) is 19.7 Å². The highest BCUT2D eigenvalue weighted by Gasteiger charge is 2.19. The van der Waals surface area contributed by atoms with Crippen molar-refractivity contribution in [1.29, 1.82) is 5.26 Å². The minimum Gasteiger partial charge on any atom is -0.380 e. The third kappa shape index (κ3) is 5.86. The Hall–Kier alpha value is -3.56. The number of nitro benzene ring substituents is 1. The lowest BCUT2D eigenvalue weighted by Crippen LogP contribution is -2.33. The number of carbonyl (C=O) groups excluding carboxylic acids is 1. The third-order valence-corrected chi connectivity index (χ3v) is 6.22. The van der Waals surface area contributed by atoms with Gasteiger partial charge in [-0.05, 0) is 42.8 Å². The summed E-state index contributed by atoms with van der Waals surface area (Å²) in [5.74, 6) is -0.605. The van der Waals surface area contributed by atoms with Crippen LogP contribution in [0, 0.1) is 28.4 Å². The molecule has 1 aromatic carbocycles. The Balaban J connectivity index is 2.31. The van der Waals surface area contributed by atoms with Crippen molar-refractivity contribution < 1.29 is 14.5 Å². The zero-order chi connectivity index (χ0) is 25.4. The Morgan fingerprint density at radius 2 is 2.09 bits per heavy atom. The molecule has 0 aliphatic carbocycles. The van der Waals surface area contributed by atoms with Crippen molar-refractivity contribution in [1.82, 2.24) is 9.99 Å². The number of non-ortho nitro benzene ring substituents is 1. The van der Waals surface area contributed by atoms with Gasteiger partial charge in [-0.1, -0.05) is 0 Å². The zero-order valence-corrected chi connectivity index (χ0v) is 20.9. The Kier molecular flexibility index (Phi) is 9.47. The highest BCUT2D eigenvalue weighted by atomic mass is 79.9. The number of halogens is 1. The molecule has 0 aliphatic heterocycles. The molecule has 1 N–H and O–H groups in total. The zero-order valence-electron chi connectivity index (χ0n) is 19.3. The molecule has 0 atom stereocenters. The van der Waals surface area contributed by atoms with Crippen molar-refractivity contribution in [3.05, 3.63) is 65.5 Å². The molecular formula is C22H25BrN6O5. The number of methoxy groups -OCH3 is 1. The van der Waals surface area contributed by atoms with Gasteiger partial charge in [-0.15, -0.1) is 0 Å². The number of hydrogen-bond acceptors (Lipinski definition) is 8. The fraction of sp³-hybridized carbons (Fsp3) is 0.364. The second-order valence-corrected chi connectivity index (χ2v) is 7.95. The number of hydrazone groups is 1. The van der Waals surface area contributed by atoms with Crippen LogP contribution in [0.4, 0.5) is 11.4 Å². The van der Waals surface area contributed by atoms with Gasteiger partial charge in [0.05, 0.1) is 17.7 Å². The number of ether oxygens (including phenoxy) is 1. The Morgan fingerprint density at radius 3 is 2.65 bits per heavy atom. The fourth-order valence-electron chi connectivity index (χ4n) is 3.41. The lowest BCUT2D eigenvalue weighted by molar-refractivity contribution is -0.384. The molecular weight excluding hydrogens is 508 g/mol. The van der Waals surface area contributed by atoms with E-state index in [-0.39, 0.29) is 24.4 Å². The maximum Gasteiger partial charge on any atom is 0.270 e. The van der Waals surface area contributed by atoms with Crippen LogP contribution in [0.15, 0.2) is 32.6 Å². The summed E-state index contributed by atoms with van der Waals surface area (Å²) in [5.41, 5.74) is 3.58. The van der Waals surface area contributed by atoms with Gasteiger partial charge in [0.2, 0.25) is 0 Å². The number of aromatic nitrogens is 1. The SMILES string of the molecule is CCN(CC)c1ccc([N+](=O)[O-])cc1/C=N\NC(=O)Cn1c(C)c(Br)c(COC)c(C#N)c1=O. The van der Waals surface area contributed by atoms with Gasteiger partial charge in [0.25, 0.3) is 17.2 Å². The maximum absolute atomic E-state index is 12.8. The monoisotopic (exact) mass is 532 g/mol. The minimum absolute atomic E-state index is 0.0645. The van der Waals surface area contributed by atoms with Crippen LogP contribution < -0.4 is 15.9 Å². The van der Waals surface area contributed by atoms with E-state index in [1.165, 1.54) is 30.0 Å². The second kappa shape index (κ2) is 12.1. The Labute approximate surface area is 204 Å². The third-order valence-electron chi connectivity index (χ3n) is 5.17. The summed E-state index contributed by atoms with van der Waals surface area (Å²) in [6.07, 6.45) is 1.33. The first-order valence-corrected chi connectivity index (χ1v) is 11.1. The second-order valence-electron chi connectivity index (χ2n) is 7.15. The van der Waals surface area contributed by atoms with E-state index in [9.17, 15) is 25.0 Å². The molecule has 2 rings (SSSR count). The summed E-state index contributed by atoms with van der Waals surface area (Å²) in [7, 11) is 1.45. The van der Waals surface area contributed by atoms with Crippen molar-refractivity contribution >= 4 is 39.4 Å². The normalized spacial score (nSPS) is 10.8. The molecule has 0 saturated heterocycles. The van der Waals surface area contributed by atoms with Crippen molar-refractivity contribution in [3.8, 4) is 6.07 Å². The first-order chi connectivity index (χ1) is 16.2. The van der Waals surface area contributed by atoms with Gasteiger partial charge in [-0.25, -0.2) is 5.43 Å². The van der Waals surface area contributed by atoms with Gasteiger partial charge in [0.1, 0.15) is 18.2 Å². The maximum atomic E-state index is 12.8. The first kappa shape index (κ1) is 26.7. The van der Waals surface area contributed by atoms with Crippen LogP contribution in [-0.4, -0.2) is 41.8 Å². The van der Waals surface area contributed by atoms with Crippen molar-refractivity contribution in [2.45, 2.75) is 33.9 Å². The largest absolute Gasteiger partial charge is 0.380 e. The van der Waals surface area contributed by atoms with Crippen molar-refractivity contribution in [3.63, 3.8) is 0 Å². The molecule has 11 nitrogen and oxygen atoms in total. The average molecular weight is 533 g/mol. The predicted octanol–water partition coefficient (Wildman–Crippen LogP) is 2.84. The van der Waals surface area contributed by atoms with E-state index in [0.29, 0.717) is 34.4 Å². The van der Waals surface area contributed by atoms with Crippen LogP contribution >= 0.6 is 15.9 Å². The summed E-state index contributed by atoms with van der Waals surface area (Å²) in [6.45, 7) is 6.60. The van der Waals surface area contributed by atoms with Crippen molar-refractivity contribution in [2.75, 3.05) is 25.1 Å². The summed E-state index contributed by atoms with van der Waals surface area (Å²) < 4.78 is 6.74. The Morgan fingerprint density at radius 1 is 1.41 bits per heavy atom. The van der Waals surface area contributed by atoms with Gasteiger partial charge >= 0.3 is 0 Å².